The van der Waals surface area contributed by atoms with Crippen molar-refractivity contribution < 1.29 is 4.42 Å². The van der Waals surface area contributed by atoms with Crippen LogP contribution in [0.25, 0.3) is 111 Å². The first-order chi connectivity index (χ1) is 27.3. The SMILES string of the molecule is c1ccc(-c2nc(-c3ccccc3-c3cccc4c3ccc3ccc5ccccc5c34)nc(-c3cccc4oc5c(-c6ccccc6)cccc5c34)n2)cc1. The van der Waals surface area contributed by atoms with Gasteiger partial charge in [-0.3, -0.25) is 0 Å². The zero-order valence-corrected chi connectivity index (χ0v) is 29.6. The molecule has 2 aromatic heterocycles. The molecule has 0 aliphatic rings. The number of nitrogens with zero attached hydrogens (tertiary/aromatic N) is 3. The summed E-state index contributed by atoms with van der Waals surface area (Å²) in [5, 5.41) is 9.37. The lowest BCUT2D eigenvalue weighted by molar-refractivity contribution is 0.670. The highest BCUT2D eigenvalue weighted by Gasteiger charge is 2.21. The summed E-state index contributed by atoms with van der Waals surface area (Å²) in [5.74, 6) is 1.81. The van der Waals surface area contributed by atoms with Gasteiger partial charge in [0, 0.05) is 33.0 Å². The Hall–Kier alpha value is -7.43. The van der Waals surface area contributed by atoms with E-state index >= 15 is 0 Å². The monoisotopic (exact) mass is 701 g/mol. The van der Waals surface area contributed by atoms with Crippen molar-refractivity contribution in [2.24, 2.45) is 0 Å². The van der Waals surface area contributed by atoms with Gasteiger partial charge in [0.15, 0.2) is 17.5 Å². The third kappa shape index (κ3) is 5.11. The van der Waals surface area contributed by atoms with Crippen molar-refractivity contribution in [2.75, 3.05) is 0 Å². The molecule has 0 amide bonds. The smallest absolute Gasteiger partial charge is 0.164 e. The number of hydrogen-bond acceptors (Lipinski definition) is 4. The van der Waals surface area contributed by atoms with Gasteiger partial charge in [0.2, 0.25) is 0 Å². The number of furan rings is 1. The quantitative estimate of drug-likeness (QED) is 0.168. The molecule has 0 saturated heterocycles. The van der Waals surface area contributed by atoms with Crippen molar-refractivity contribution in [1.29, 1.82) is 0 Å². The van der Waals surface area contributed by atoms with E-state index in [0.717, 1.165) is 60.9 Å². The van der Waals surface area contributed by atoms with Crippen molar-refractivity contribution in [3.8, 4) is 56.4 Å². The number of hydrogen-bond donors (Lipinski definition) is 0. The Balaban J connectivity index is 1.15. The second kappa shape index (κ2) is 12.6. The van der Waals surface area contributed by atoms with Crippen molar-refractivity contribution >= 4 is 54.3 Å². The molecule has 9 aromatic carbocycles. The van der Waals surface area contributed by atoms with E-state index in [4.69, 9.17) is 19.4 Å². The summed E-state index contributed by atoms with van der Waals surface area (Å²) >= 11 is 0. The van der Waals surface area contributed by atoms with Crippen LogP contribution < -0.4 is 0 Å². The Labute approximate surface area is 317 Å². The lowest BCUT2D eigenvalue weighted by Gasteiger charge is -2.15. The normalized spacial score (nSPS) is 11.6. The minimum Gasteiger partial charge on any atom is -0.455 e. The Morgan fingerprint density at radius 2 is 0.855 bits per heavy atom. The van der Waals surface area contributed by atoms with Gasteiger partial charge in [-0.05, 0) is 55.1 Å². The molecular weight excluding hydrogens is 671 g/mol. The maximum atomic E-state index is 6.63. The zero-order valence-electron chi connectivity index (χ0n) is 29.6. The molecule has 0 N–H and O–H groups in total. The largest absolute Gasteiger partial charge is 0.455 e. The van der Waals surface area contributed by atoms with E-state index in [9.17, 15) is 0 Å². The lowest BCUT2D eigenvalue weighted by atomic mass is 9.90. The summed E-state index contributed by atoms with van der Waals surface area (Å²) in [5.41, 5.74) is 8.72. The van der Waals surface area contributed by atoms with Gasteiger partial charge < -0.3 is 4.42 Å². The Bertz CT molecular complexity index is 3260. The fourth-order valence-electron chi connectivity index (χ4n) is 8.22. The number of fused-ring (bicyclic) bond motifs is 8. The minimum atomic E-state index is 0.590. The van der Waals surface area contributed by atoms with Crippen LogP contribution in [-0.2, 0) is 0 Å². The molecule has 0 spiro atoms. The van der Waals surface area contributed by atoms with Crippen molar-refractivity contribution in [2.45, 2.75) is 0 Å². The third-order valence-electron chi connectivity index (χ3n) is 10.7. The minimum absolute atomic E-state index is 0.590. The van der Waals surface area contributed by atoms with Crippen molar-refractivity contribution in [1.82, 2.24) is 15.0 Å². The van der Waals surface area contributed by atoms with Crippen LogP contribution in [0, 0.1) is 0 Å². The molecule has 0 atom stereocenters. The van der Waals surface area contributed by atoms with E-state index < -0.39 is 0 Å². The van der Waals surface area contributed by atoms with Gasteiger partial charge in [0.1, 0.15) is 11.2 Å². The van der Waals surface area contributed by atoms with E-state index in [1.165, 1.54) is 32.3 Å². The van der Waals surface area contributed by atoms with Crippen LogP contribution in [0.15, 0.2) is 192 Å². The van der Waals surface area contributed by atoms with Gasteiger partial charge in [0.05, 0.1) is 0 Å². The standard InChI is InChI=1S/C51H31N3O/c1-3-14-32(15-4-1)37-22-11-25-43-47-44(26-13-27-45(47)55-48(37)43)51-53-49(35-17-5-2-6-18-35)52-50(54-51)42-21-10-9-20-39(42)38-23-12-24-41-40(38)31-30-34-29-28-33-16-7-8-19-36(33)46(34)41/h1-31H. The molecule has 0 aliphatic heterocycles. The molecule has 0 saturated carbocycles. The molecule has 4 nitrogen and oxygen atoms in total. The predicted molar refractivity (Wildman–Crippen MR) is 227 cm³/mol. The van der Waals surface area contributed by atoms with Crippen LogP contribution in [0.2, 0.25) is 0 Å². The lowest BCUT2D eigenvalue weighted by Crippen LogP contribution is -2.01. The molecular formula is C51H31N3O. The number of aromatic nitrogens is 3. The van der Waals surface area contributed by atoms with Crippen LogP contribution in [0.5, 0.6) is 0 Å². The molecule has 0 fully saturated rings. The molecule has 0 aliphatic carbocycles. The predicted octanol–water partition coefficient (Wildman–Crippen LogP) is 13.6. The highest BCUT2D eigenvalue weighted by molar-refractivity contribution is 6.22. The number of rotatable bonds is 5. The molecule has 0 radical (unpaired) electrons. The summed E-state index contributed by atoms with van der Waals surface area (Å²) in [7, 11) is 0. The topological polar surface area (TPSA) is 51.8 Å². The number of para-hydroxylation sites is 1. The fourth-order valence-corrected chi connectivity index (χ4v) is 8.22. The second-order valence-corrected chi connectivity index (χ2v) is 13.9. The van der Waals surface area contributed by atoms with Gasteiger partial charge in [-0.1, -0.05) is 182 Å². The van der Waals surface area contributed by atoms with Crippen LogP contribution in [0.1, 0.15) is 0 Å². The maximum absolute atomic E-state index is 6.63. The number of benzene rings is 9. The van der Waals surface area contributed by atoms with E-state index in [1.54, 1.807) is 0 Å². The first-order valence-electron chi connectivity index (χ1n) is 18.5. The van der Waals surface area contributed by atoms with E-state index in [1.807, 2.05) is 36.4 Å². The van der Waals surface area contributed by atoms with E-state index in [-0.39, 0.29) is 0 Å². The molecule has 4 heteroatoms. The zero-order chi connectivity index (χ0) is 36.3. The Morgan fingerprint density at radius 1 is 0.291 bits per heavy atom. The maximum Gasteiger partial charge on any atom is 0.164 e. The fraction of sp³-hybridized carbons (Fsp3) is 0. The summed E-state index contributed by atoms with van der Waals surface area (Å²) in [6.45, 7) is 0. The third-order valence-corrected chi connectivity index (χ3v) is 10.7. The van der Waals surface area contributed by atoms with Crippen LogP contribution >= 0.6 is 0 Å². The van der Waals surface area contributed by atoms with Gasteiger partial charge >= 0.3 is 0 Å². The summed E-state index contributed by atoms with van der Waals surface area (Å²) in [6.07, 6.45) is 0. The molecule has 256 valence electrons. The summed E-state index contributed by atoms with van der Waals surface area (Å²) < 4.78 is 6.63. The average molecular weight is 702 g/mol. The van der Waals surface area contributed by atoms with Crippen LogP contribution in [0.3, 0.4) is 0 Å². The van der Waals surface area contributed by atoms with Crippen molar-refractivity contribution in [3.05, 3.63) is 188 Å². The average Bonchev–Trinajstić information content (AvgIpc) is 3.66. The van der Waals surface area contributed by atoms with E-state index in [0.29, 0.717) is 17.5 Å². The summed E-state index contributed by atoms with van der Waals surface area (Å²) in [6, 6.07) is 65.6. The molecule has 2 heterocycles. The molecule has 0 unspecified atom stereocenters. The van der Waals surface area contributed by atoms with Crippen LogP contribution in [-0.4, -0.2) is 15.0 Å². The van der Waals surface area contributed by atoms with Gasteiger partial charge in [0.25, 0.3) is 0 Å². The molecule has 11 aromatic rings. The van der Waals surface area contributed by atoms with Gasteiger partial charge in [-0.15, -0.1) is 0 Å². The first kappa shape index (κ1) is 31.1. The van der Waals surface area contributed by atoms with Gasteiger partial charge in [-0.25, -0.2) is 15.0 Å². The summed E-state index contributed by atoms with van der Waals surface area (Å²) in [4.78, 5) is 15.7. The molecule has 55 heavy (non-hydrogen) atoms. The first-order valence-corrected chi connectivity index (χ1v) is 18.5. The Morgan fingerprint density at radius 3 is 1.69 bits per heavy atom. The van der Waals surface area contributed by atoms with Gasteiger partial charge in [-0.2, -0.15) is 0 Å². The van der Waals surface area contributed by atoms with Crippen molar-refractivity contribution in [3.63, 3.8) is 0 Å². The molecule has 0 bridgehead atoms. The highest BCUT2D eigenvalue weighted by atomic mass is 16.3. The second-order valence-electron chi connectivity index (χ2n) is 13.9. The van der Waals surface area contributed by atoms with Crippen LogP contribution in [0.4, 0.5) is 0 Å². The Kier molecular flexibility index (Phi) is 7.14. The molecule has 11 rings (SSSR count). The van der Waals surface area contributed by atoms with E-state index in [2.05, 4.69) is 152 Å². The highest BCUT2D eigenvalue weighted by Crippen LogP contribution is 2.42.